The van der Waals surface area contributed by atoms with Gasteiger partial charge < -0.3 is 9.64 Å². The van der Waals surface area contributed by atoms with E-state index in [4.69, 9.17) is 4.74 Å². The van der Waals surface area contributed by atoms with E-state index in [1.54, 1.807) is 35.9 Å². The van der Waals surface area contributed by atoms with Crippen molar-refractivity contribution in [1.29, 1.82) is 0 Å². The number of ketones is 1. The number of rotatable bonds is 8. The number of likely N-dealkylation sites (tertiary alicyclic amines) is 1. The Hall–Kier alpha value is -2.73. The lowest BCUT2D eigenvalue weighted by Crippen LogP contribution is -2.39. The van der Waals surface area contributed by atoms with Crippen LogP contribution in [0.3, 0.4) is 0 Å². The van der Waals surface area contributed by atoms with E-state index in [-0.39, 0.29) is 11.7 Å². The lowest BCUT2D eigenvalue weighted by molar-refractivity contribution is 0.0608. The van der Waals surface area contributed by atoms with Crippen molar-refractivity contribution in [3.63, 3.8) is 0 Å². The molecule has 2 aromatic rings. The molecule has 1 aliphatic heterocycles. The summed E-state index contributed by atoms with van der Waals surface area (Å²) < 4.78 is 6.87. The lowest BCUT2D eigenvalue weighted by atomic mass is 9.97. The number of hydrogen-bond acceptors (Lipinski definition) is 4. The summed E-state index contributed by atoms with van der Waals surface area (Å²) in [6.45, 7) is 11.8. The Bertz CT molecular complexity index is 924. The summed E-state index contributed by atoms with van der Waals surface area (Å²) in [5.74, 6) is 1.22. The molecule has 1 fully saturated rings. The molecule has 3 heterocycles. The second-order valence-corrected chi connectivity index (χ2v) is 8.43. The molecular weight excluding hydrogens is 402 g/mol. The predicted molar refractivity (Wildman–Crippen MR) is 129 cm³/mol. The number of ether oxygens (including phenoxy) is 1. The highest BCUT2D eigenvalue weighted by molar-refractivity contribution is 5.95. The molecule has 2 aromatic heterocycles. The second kappa shape index (κ2) is 13.0. The highest BCUT2D eigenvalue weighted by Gasteiger charge is 2.25. The van der Waals surface area contributed by atoms with E-state index < -0.39 is 0 Å². The first-order valence-corrected chi connectivity index (χ1v) is 11.5. The molecule has 0 aromatic carbocycles. The first-order chi connectivity index (χ1) is 15.4. The molecule has 1 aliphatic rings. The van der Waals surface area contributed by atoms with Gasteiger partial charge in [-0.05, 0) is 43.2 Å². The Morgan fingerprint density at radius 3 is 2.62 bits per heavy atom. The van der Waals surface area contributed by atoms with Crippen LogP contribution in [0.25, 0.3) is 5.65 Å². The van der Waals surface area contributed by atoms with Gasteiger partial charge in [0, 0.05) is 39.9 Å². The van der Waals surface area contributed by atoms with Crippen LogP contribution in [-0.2, 0) is 4.74 Å². The van der Waals surface area contributed by atoms with Crippen molar-refractivity contribution >= 4 is 17.3 Å². The number of amides is 1. The number of aromatic nitrogens is 2. The van der Waals surface area contributed by atoms with Gasteiger partial charge in [-0.2, -0.15) is 0 Å². The average Bonchev–Trinajstić information content (AvgIpc) is 3.24. The Kier molecular flexibility index (Phi) is 10.3. The number of carbonyl (C=O) groups is 2. The zero-order valence-corrected chi connectivity index (χ0v) is 19.9. The molecule has 3 rings (SSSR count). The molecule has 0 saturated carbocycles. The molecule has 0 N–H and O–H groups in total. The van der Waals surface area contributed by atoms with Crippen LogP contribution in [0, 0.1) is 11.8 Å². The maximum Gasteiger partial charge on any atom is 0.274 e. The predicted octanol–water partition coefficient (Wildman–Crippen LogP) is 5.20. The Morgan fingerprint density at radius 1 is 1.31 bits per heavy atom. The second-order valence-electron chi connectivity index (χ2n) is 8.43. The van der Waals surface area contributed by atoms with Crippen molar-refractivity contribution < 1.29 is 14.3 Å². The molecule has 6 heteroatoms. The molecule has 174 valence electrons. The SMILES string of the molecule is C=C/C=C\CC(C)CC.COCC1CCN(C(=O)c2cn3c(C(C)=O)cccc3n2)CC1. The molecule has 1 atom stereocenters. The third-order valence-electron chi connectivity index (χ3n) is 5.88. The summed E-state index contributed by atoms with van der Waals surface area (Å²) in [6.07, 6.45) is 12.0. The summed E-state index contributed by atoms with van der Waals surface area (Å²) >= 11 is 0. The van der Waals surface area contributed by atoms with Crippen molar-refractivity contribution in [2.75, 3.05) is 26.8 Å². The topological polar surface area (TPSA) is 63.9 Å². The van der Waals surface area contributed by atoms with Crippen LogP contribution in [0.1, 0.15) is 67.4 Å². The summed E-state index contributed by atoms with van der Waals surface area (Å²) in [6, 6.07) is 5.32. The van der Waals surface area contributed by atoms with Crippen LogP contribution in [0.4, 0.5) is 0 Å². The molecule has 1 unspecified atom stereocenters. The van der Waals surface area contributed by atoms with E-state index in [1.165, 1.54) is 19.8 Å². The third-order valence-corrected chi connectivity index (χ3v) is 5.88. The Morgan fingerprint density at radius 2 is 2.03 bits per heavy atom. The molecule has 1 saturated heterocycles. The maximum atomic E-state index is 12.6. The Balaban J connectivity index is 0.000000344. The summed E-state index contributed by atoms with van der Waals surface area (Å²) in [5.41, 5.74) is 1.55. The molecule has 0 aliphatic carbocycles. The number of Topliss-reactive ketones (excluding diaryl/α,β-unsaturated/α-hetero) is 1. The fraction of sp³-hybridized carbons (Fsp3) is 0.500. The van der Waals surface area contributed by atoms with Gasteiger partial charge in [-0.25, -0.2) is 4.98 Å². The lowest BCUT2D eigenvalue weighted by Gasteiger charge is -2.31. The molecule has 1 amide bonds. The van der Waals surface area contributed by atoms with Crippen molar-refractivity contribution in [1.82, 2.24) is 14.3 Å². The summed E-state index contributed by atoms with van der Waals surface area (Å²) in [4.78, 5) is 30.5. The molecule has 0 radical (unpaired) electrons. The fourth-order valence-corrected chi connectivity index (χ4v) is 3.67. The number of nitrogens with zero attached hydrogens (tertiary/aromatic N) is 3. The monoisotopic (exact) mass is 439 g/mol. The minimum Gasteiger partial charge on any atom is -0.384 e. The van der Waals surface area contributed by atoms with Crippen molar-refractivity contribution in [3.05, 3.63) is 60.6 Å². The smallest absolute Gasteiger partial charge is 0.274 e. The van der Waals surface area contributed by atoms with Gasteiger partial charge in [0.1, 0.15) is 11.3 Å². The zero-order chi connectivity index (χ0) is 23.5. The largest absolute Gasteiger partial charge is 0.384 e. The third kappa shape index (κ3) is 7.16. The van der Waals surface area contributed by atoms with Crippen LogP contribution >= 0.6 is 0 Å². The van der Waals surface area contributed by atoms with Gasteiger partial charge in [0.05, 0.1) is 5.69 Å². The Labute approximate surface area is 192 Å². The fourth-order valence-electron chi connectivity index (χ4n) is 3.67. The maximum absolute atomic E-state index is 12.6. The van der Waals surface area contributed by atoms with Gasteiger partial charge in [0.2, 0.25) is 0 Å². The quantitative estimate of drug-likeness (QED) is 0.419. The number of hydrogen-bond donors (Lipinski definition) is 0. The van der Waals surface area contributed by atoms with E-state index in [2.05, 4.69) is 31.5 Å². The van der Waals surface area contributed by atoms with Crippen molar-refractivity contribution in [2.24, 2.45) is 11.8 Å². The van der Waals surface area contributed by atoms with Gasteiger partial charge in [-0.3, -0.25) is 14.0 Å². The van der Waals surface area contributed by atoms with Crippen LogP contribution in [-0.4, -0.2) is 52.8 Å². The minimum absolute atomic E-state index is 0.0487. The highest BCUT2D eigenvalue weighted by Crippen LogP contribution is 2.19. The number of fused-ring (bicyclic) bond motifs is 1. The summed E-state index contributed by atoms with van der Waals surface area (Å²) in [5, 5.41) is 0. The average molecular weight is 440 g/mol. The molecule has 6 nitrogen and oxygen atoms in total. The molecule has 32 heavy (non-hydrogen) atoms. The first-order valence-electron chi connectivity index (χ1n) is 11.5. The van der Waals surface area contributed by atoms with Gasteiger partial charge in [-0.15, -0.1) is 0 Å². The number of imidazole rings is 1. The number of carbonyl (C=O) groups excluding carboxylic acids is 2. The number of piperidine rings is 1. The normalized spacial score (nSPS) is 15.4. The van der Waals surface area contributed by atoms with E-state index >= 15 is 0 Å². The minimum atomic E-state index is -0.0703. The molecular formula is C26H37N3O3. The number of allylic oxidation sites excluding steroid dienone is 3. The van der Waals surface area contributed by atoms with Crippen LogP contribution in [0.15, 0.2) is 49.2 Å². The van der Waals surface area contributed by atoms with Crippen molar-refractivity contribution in [3.8, 4) is 0 Å². The summed E-state index contributed by atoms with van der Waals surface area (Å²) in [7, 11) is 1.71. The van der Waals surface area contributed by atoms with Gasteiger partial charge >= 0.3 is 0 Å². The standard InChI is InChI=1S/C17H21N3O3.C9H16/c1-12(21)15-4-3-5-16-18-14(10-20(15)16)17(22)19-8-6-13(7-9-19)11-23-2;1-4-6-7-8-9(3)5-2/h3-5,10,13H,6-9,11H2,1-2H3;4,6-7,9H,1,5,8H2,2-3H3/b;7-6-. The van der Waals surface area contributed by atoms with E-state index in [0.29, 0.717) is 23.0 Å². The molecule has 0 bridgehead atoms. The number of methoxy groups -OCH3 is 1. The van der Waals surface area contributed by atoms with Gasteiger partial charge in [0.25, 0.3) is 5.91 Å². The van der Waals surface area contributed by atoms with Crippen molar-refractivity contribution in [2.45, 2.75) is 46.5 Å². The van der Waals surface area contributed by atoms with E-state index in [9.17, 15) is 9.59 Å². The van der Waals surface area contributed by atoms with Gasteiger partial charge in [-0.1, -0.05) is 51.1 Å². The van der Waals surface area contributed by atoms with Gasteiger partial charge in [0.15, 0.2) is 5.78 Å². The van der Waals surface area contributed by atoms with E-state index in [1.807, 2.05) is 17.1 Å². The first kappa shape index (κ1) is 25.5. The zero-order valence-electron chi connectivity index (χ0n) is 19.9. The highest BCUT2D eigenvalue weighted by atomic mass is 16.5. The van der Waals surface area contributed by atoms with E-state index in [0.717, 1.165) is 38.5 Å². The van der Waals surface area contributed by atoms with Crippen LogP contribution < -0.4 is 0 Å². The van der Waals surface area contributed by atoms with Crippen LogP contribution in [0.5, 0.6) is 0 Å². The van der Waals surface area contributed by atoms with Crippen LogP contribution in [0.2, 0.25) is 0 Å². The molecule has 0 spiro atoms. The number of pyridine rings is 1.